The molecule has 2 aromatic rings. The minimum absolute atomic E-state index is 0.0390. The van der Waals surface area contributed by atoms with E-state index in [1.807, 2.05) is 56.3 Å². The van der Waals surface area contributed by atoms with Crippen LogP contribution in [0, 0.1) is 19.8 Å². The summed E-state index contributed by atoms with van der Waals surface area (Å²) < 4.78 is 0. The van der Waals surface area contributed by atoms with Gasteiger partial charge >= 0.3 is 0 Å². The number of para-hydroxylation sites is 1. The summed E-state index contributed by atoms with van der Waals surface area (Å²) in [6, 6.07) is 13.5. The van der Waals surface area contributed by atoms with Gasteiger partial charge in [-0.15, -0.1) is 0 Å². The van der Waals surface area contributed by atoms with Gasteiger partial charge in [-0.1, -0.05) is 61.7 Å². The lowest BCUT2D eigenvalue weighted by Crippen LogP contribution is -2.45. The van der Waals surface area contributed by atoms with Gasteiger partial charge in [0.15, 0.2) is 11.9 Å². The number of fused-ring (bicyclic) bond motifs is 1. The second-order valence-corrected chi connectivity index (χ2v) is 8.43. The molecule has 1 aliphatic heterocycles. The molecule has 0 unspecified atom stereocenters. The minimum Gasteiger partial charge on any atom is -0.302 e. The molecule has 1 aliphatic carbocycles. The highest BCUT2D eigenvalue weighted by molar-refractivity contribution is 6.16. The summed E-state index contributed by atoms with van der Waals surface area (Å²) in [5.41, 5.74) is 11.4. The van der Waals surface area contributed by atoms with Crippen LogP contribution >= 0.6 is 0 Å². The average molecular weight is 404 g/mol. The fraction of sp³-hybridized carbons (Fsp3) is 0.400. The lowest BCUT2D eigenvalue weighted by molar-refractivity contribution is -0.119. The molecule has 5 heteroatoms. The summed E-state index contributed by atoms with van der Waals surface area (Å²) in [6.45, 7) is 3.85. The van der Waals surface area contributed by atoms with Crippen LogP contribution in [0.2, 0.25) is 0 Å². The van der Waals surface area contributed by atoms with E-state index in [0.717, 1.165) is 40.9 Å². The lowest BCUT2D eigenvalue weighted by atomic mass is 9.82. The highest BCUT2D eigenvalue weighted by Gasteiger charge is 2.34. The molecule has 1 heterocycles. The lowest BCUT2D eigenvalue weighted by Gasteiger charge is -2.27. The quantitative estimate of drug-likeness (QED) is 0.778. The molecule has 30 heavy (non-hydrogen) atoms. The van der Waals surface area contributed by atoms with Crippen LogP contribution in [0.25, 0.3) is 0 Å². The number of carbonyl (C=O) groups is 2. The van der Waals surface area contributed by atoms with Crippen molar-refractivity contribution in [2.45, 2.75) is 52.1 Å². The van der Waals surface area contributed by atoms with Crippen molar-refractivity contribution in [2.24, 2.45) is 16.6 Å². The molecule has 2 aliphatic rings. The highest BCUT2D eigenvalue weighted by atomic mass is 16.2. The topological polar surface area (TPSA) is 75.8 Å². The Morgan fingerprint density at radius 1 is 1.03 bits per heavy atom. The van der Waals surface area contributed by atoms with E-state index in [1.165, 1.54) is 19.3 Å². The molecule has 0 bridgehead atoms. The third-order valence-electron chi connectivity index (χ3n) is 6.32. The van der Waals surface area contributed by atoms with E-state index < -0.39 is 6.17 Å². The Bertz CT molecular complexity index is 1010. The number of hydrogen-bond acceptors (Lipinski definition) is 4. The smallest absolute Gasteiger partial charge is 0.266 e. The van der Waals surface area contributed by atoms with Crippen LogP contribution in [0.15, 0.2) is 47.5 Å². The molecular formula is C25H29N3O2. The van der Waals surface area contributed by atoms with Crippen molar-refractivity contribution in [3.63, 3.8) is 0 Å². The zero-order valence-corrected chi connectivity index (χ0v) is 17.7. The van der Waals surface area contributed by atoms with E-state index >= 15 is 0 Å². The van der Waals surface area contributed by atoms with Crippen molar-refractivity contribution >= 4 is 23.1 Å². The molecule has 0 spiro atoms. The van der Waals surface area contributed by atoms with Gasteiger partial charge in [-0.25, -0.2) is 0 Å². The molecule has 5 nitrogen and oxygen atoms in total. The highest BCUT2D eigenvalue weighted by Crippen LogP contribution is 2.35. The maximum absolute atomic E-state index is 13.3. The first-order chi connectivity index (χ1) is 14.5. The zero-order chi connectivity index (χ0) is 21.3. The van der Waals surface area contributed by atoms with E-state index in [2.05, 4.69) is 0 Å². The number of benzene rings is 2. The third-order valence-corrected chi connectivity index (χ3v) is 6.32. The standard InChI is InChI=1S/C25H29N3O2/c1-16-9-6-7-13-19(16)21(29)15-28-23-17(2)10-8-14-20(23)22(27-24(26)25(28)30)18-11-4-3-5-12-18/h6-10,13-14,18,24H,3-5,11-12,15,26H2,1-2H3/t24-/m0/s1. The Morgan fingerprint density at radius 2 is 1.73 bits per heavy atom. The molecule has 0 radical (unpaired) electrons. The molecule has 156 valence electrons. The summed E-state index contributed by atoms with van der Waals surface area (Å²) in [7, 11) is 0. The number of aliphatic imine (C=N–C) groups is 1. The van der Waals surface area contributed by atoms with Crippen LogP contribution in [0.1, 0.15) is 59.2 Å². The number of nitrogens with two attached hydrogens (primary N) is 1. The van der Waals surface area contributed by atoms with E-state index in [-0.39, 0.29) is 18.2 Å². The van der Waals surface area contributed by atoms with Gasteiger partial charge in [-0.2, -0.15) is 0 Å². The summed E-state index contributed by atoms with van der Waals surface area (Å²) in [5, 5.41) is 0. The molecule has 1 fully saturated rings. The third kappa shape index (κ3) is 3.82. The molecule has 4 rings (SSSR count). The normalized spacial score (nSPS) is 19.8. The molecular weight excluding hydrogens is 374 g/mol. The molecule has 2 N–H and O–H groups in total. The van der Waals surface area contributed by atoms with Crippen LogP contribution in [0.4, 0.5) is 5.69 Å². The first kappa shape index (κ1) is 20.5. The van der Waals surface area contributed by atoms with Gasteiger partial charge in [0.25, 0.3) is 5.91 Å². The van der Waals surface area contributed by atoms with E-state index in [9.17, 15) is 9.59 Å². The van der Waals surface area contributed by atoms with Crippen LogP contribution in [-0.2, 0) is 4.79 Å². The zero-order valence-electron chi connectivity index (χ0n) is 17.7. The van der Waals surface area contributed by atoms with E-state index in [1.54, 1.807) is 4.90 Å². The van der Waals surface area contributed by atoms with Crippen molar-refractivity contribution < 1.29 is 9.59 Å². The second-order valence-electron chi connectivity index (χ2n) is 8.43. The predicted octanol–water partition coefficient (Wildman–Crippen LogP) is 4.19. The SMILES string of the molecule is Cc1ccccc1C(=O)CN1C(=O)[C@@H](N)N=C(C2CCCCC2)c2cccc(C)c21. The van der Waals surface area contributed by atoms with Gasteiger partial charge in [0, 0.05) is 22.8 Å². The minimum atomic E-state index is -0.988. The number of rotatable bonds is 4. The van der Waals surface area contributed by atoms with Crippen molar-refractivity contribution in [1.29, 1.82) is 0 Å². The van der Waals surface area contributed by atoms with Gasteiger partial charge in [0.2, 0.25) is 0 Å². The number of hydrogen-bond donors (Lipinski definition) is 1. The monoisotopic (exact) mass is 403 g/mol. The first-order valence-corrected chi connectivity index (χ1v) is 10.8. The van der Waals surface area contributed by atoms with Crippen molar-refractivity contribution in [3.8, 4) is 0 Å². The molecule has 0 saturated heterocycles. The maximum atomic E-state index is 13.3. The van der Waals surface area contributed by atoms with Gasteiger partial charge < -0.3 is 10.6 Å². The molecule has 1 atom stereocenters. The number of nitrogens with zero attached hydrogens (tertiary/aromatic N) is 2. The Hall–Kier alpha value is -2.79. The van der Waals surface area contributed by atoms with Crippen LogP contribution in [0.3, 0.4) is 0 Å². The van der Waals surface area contributed by atoms with Crippen molar-refractivity contribution in [3.05, 3.63) is 64.7 Å². The van der Waals surface area contributed by atoms with Gasteiger partial charge in [-0.05, 0) is 37.8 Å². The Kier molecular flexibility index (Phi) is 5.82. The maximum Gasteiger partial charge on any atom is 0.266 e. The van der Waals surface area contributed by atoms with E-state index in [0.29, 0.717) is 11.5 Å². The summed E-state index contributed by atoms with van der Waals surface area (Å²) in [6.07, 6.45) is 4.72. The molecule has 1 amide bonds. The number of benzodiazepines with no additional fused rings is 1. The number of Topliss-reactive ketones (excluding diaryl/α,β-unsaturated/α-hetero) is 1. The number of aryl methyl sites for hydroxylation is 2. The van der Waals surface area contributed by atoms with Gasteiger partial charge in [0.1, 0.15) is 0 Å². The summed E-state index contributed by atoms with van der Waals surface area (Å²) in [5.74, 6) is -0.104. The summed E-state index contributed by atoms with van der Waals surface area (Å²) in [4.78, 5) is 32.7. The Labute approximate surface area is 178 Å². The van der Waals surface area contributed by atoms with Crippen LogP contribution in [-0.4, -0.2) is 30.1 Å². The number of ketones is 1. The first-order valence-electron chi connectivity index (χ1n) is 10.8. The van der Waals surface area contributed by atoms with Crippen molar-refractivity contribution in [1.82, 2.24) is 0 Å². The van der Waals surface area contributed by atoms with Gasteiger partial charge in [0.05, 0.1) is 12.2 Å². The number of anilines is 1. The Morgan fingerprint density at radius 3 is 2.47 bits per heavy atom. The number of amides is 1. The number of carbonyl (C=O) groups excluding carboxylic acids is 2. The predicted molar refractivity (Wildman–Crippen MR) is 120 cm³/mol. The second kappa shape index (κ2) is 8.52. The molecule has 2 aromatic carbocycles. The van der Waals surface area contributed by atoms with Gasteiger partial charge in [-0.3, -0.25) is 14.6 Å². The fourth-order valence-electron chi connectivity index (χ4n) is 4.74. The van der Waals surface area contributed by atoms with E-state index in [4.69, 9.17) is 10.7 Å². The molecule has 0 aromatic heterocycles. The average Bonchev–Trinajstić information content (AvgIpc) is 2.85. The largest absolute Gasteiger partial charge is 0.302 e. The van der Waals surface area contributed by atoms with Crippen molar-refractivity contribution in [2.75, 3.05) is 11.4 Å². The fourth-order valence-corrected chi connectivity index (χ4v) is 4.74. The van der Waals surface area contributed by atoms with Crippen LogP contribution in [0.5, 0.6) is 0 Å². The Balaban J connectivity index is 1.77. The molecule has 1 saturated carbocycles. The summed E-state index contributed by atoms with van der Waals surface area (Å²) >= 11 is 0. The van der Waals surface area contributed by atoms with Crippen LogP contribution < -0.4 is 10.6 Å².